The molecule has 1 saturated heterocycles. The maximum atomic E-state index is 13.2. The van der Waals surface area contributed by atoms with Gasteiger partial charge in [0.2, 0.25) is 5.69 Å². The number of amides is 1. The molecule has 0 radical (unpaired) electrons. The van der Waals surface area contributed by atoms with Crippen molar-refractivity contribution in [3.8, 4) is 5.69 Å². The number of nitrogens with one attached hydrogen (secondary N) is 1. The van der Waals surface area contributed by atoms with Gasteiger partial charge in [0.25, 0.3) is 11.5 Å². The van der Waals surface area contributed by atoms with E-state index in [1.807, 2.05) is 37.3 Å². The quantitative estimate of drug-likeness (QED) is 0.573. The van der Waals surface area contributed by atoms with Crippen LogP contribution in [0, 0.1) is 6.92 Å². The highest BCUT2D eigenvalue weighted by atomic mass is 16.5. The highest BCUT2D eigenvalue weighted by molar-refractivity contribution is 5.91. The van der Waals surface area contributed by atoms with Crippen LogP contribution in [0.2, 0.25) is 0 Å². The summed E-state index contributed by atoms with van der Waals surface area (Å²) < 4.78 is 7.49. The van der Waals surface area contributed by atoms with Crippen LogP contribution in [0.15, 0.2) is 64.2 Å². The molecule has 1 aliphatic heterocycles. The Kier molecular flexibility index (Phi) is 7.11. The van der Waals surface area contributed by atoms with E-state index in [1.165, 1.54) is 0 Å². The van der Waals surface area contributed by atoms with Gasteiger partial charge in [0, 0.05) is 26.2 Å². The minimum absolute atomic E-state index is 0.0430. The molecule has 0 unspecified atom stereocenters. The van der Waals surface area contributed by atoms with Crippen molar-refractivity contribution in [2.75, 3.05) is 39.4 Å². The zero-order valence-electron chi connectivity index (χ0n) is 18.6. The predicted molar refractivity (Wildman–Crippen MR) is 124 cm³/mol. The molecule has 1 aliphatic rings. The number of aryl methyl sites for hydroxylation is 1. The lowest BCUT2D eigenvalue weighted by atomic mass is 10.1. The van der Waals surface area contributed by atoms with Gasteiger partial charge < -0.3 is 10.1 Å². The van der Waals surface area contributed by atoms with Gasteiger partial charge in [-0.25, -0.2) is 4.79 Å². The van der Waals surface area contributed by atoms with E-state index in [-0.39, 0.29) is 12.2 Å². The molecule has 33 heavy (non-hydrogen) atoms. The summed E-state index contributed by atoms with van der Waals surface area (Å²) in [6.45, 7) is 5.95. The lowest BCUT2D eigenvalue weighted by Gasteiger charge is -2.26. The van der Waals surface area contributed by atoms with Crippen LogP contribution >= 0.6 is 0 Å². The number of rotatable bonds is 7. The van der Waals surface area contributed by atoms with Gasteiger partial charge in [-0.3, -0.25) is 19.1 Å². The second-order valence-corrected chi connectivity index (χ2v) is 7.97. The highest BCUT2D eigenvalue weighted by Crippen LogP contribution is 2.05. The molecule has 0 aliphatic carbocycles. The van der Waals surface area contributed by atoms with Crippen LogP contribution in [0.5, 0.6) is 0 Å². The average Bonchev–Trinajstić information content (AvgIpc) is 2.84. The summed E-state index contributed by atoms with van der Waals surface area (Å²) >= 11 is 0. The third kappa shape index (κ3) is 5.44. The zero-order chi connectivity index (χ0) is 23.2. The third-order valence-electron chi connectivity index (χ3n) is 5.55. The van der Waals surface area contributed by atoms with Crippen LogP contribution in [0.3, 0.4) is 0 Å². The SMILES string of the molecule is Cc1ccc(Cn2c(=O)c(C(=O)NCCN3CCOCC3)nn(-c3ccccc3)c2=O)cc1. The van der Waals surface area contributed by atoms with Crippen LogP contribution in [0.4, 0.5) is 0 Å². The number of nitrogens with zero attached hydrogens (tertiary/aromatic N) is 4. The second-order valence-electron chi connectivity index (χ2n) is 7.97. The van der Waals surface area contributed by atoms with E-state index in [0.29, 0.717) is 32.0 Å². The van der Waals surface area contributed by atoms with Gasteiger partial charge in [-0.1, -0.05) is 48.0 Å². The van der Waals surface area contributed by atoms with Crippen molar-refractivity contribution < 1.29 is 9.53 Å². The molecule has 1 aromatic heterocycles. The van der Waals surface area contributed by atoms with Crippen molar-refractivity contribution >= 4 is 5.91 Å². The largest absolute Gasteiger partial charge is 0.379 e. The van der Waals surface area contributed by atoms with Crippen molar-refractivity contribution in [2.45, 2.75) is 13.5 Å². The number of hydrogen-bond donors (Lipinski definition) is 1. The maximum absolute atomic E-state index is 13.2. The van der Waals surface area contributed by atoms with Crippen molar-refractivity contribution in [1.82, 2.24) is 24.6 Å². The van der Waals surface area contributed by atoms with E-state index in [1.54, 1.807) is 24.3 Å². The van der Waals surface area contributed by atoms with Gasteiger partial charge in [0.15, 0.2) is 0 Å². The number of aromatic nitrogens is 3. The van der Waals surface area contributed by atoms with E-state index < -0.39 is 17.2 Å². The number of ether oxygens (including phenoxy) is 1. The number of carbonyl (C=O) groups is 1. The summed E-state index contributed by atoms with van der Waals surface area (Å²) in [4.78, 5) is 41.4. The van der Waals surface area contributed by atoms with Crippen LogP contribution in [0.1, 0.15) is 21.6 Å². The molecule has 4 rings (SSSR count). The Hall–Kier alpha value is -3.56. The monoisotopic (exact) mass is 449 g/mol. The highest BCUT2D eigenvalue weighted by Gasteiger charge is 2.21. The van der Waals surface area contributed by atoms with Crippen LogP contribution < -0.4 is 16.6 Å². The fourth-order valence-electron chi connectivity index (χ4n) is 3.65. The van der Waals surface area contributed by atoms with Crippen LogP contribution in [-0.2, 0) is 11.3 Å². The molecule has 1 amide bonds. The lowest BCUT2D eigenvalue weighted by molar-refractivity contribution is 0.0383. The Balaban J connectivity index is 1.65. The summed E-state index contributed by atoms with van der Waals surface area (Å²) in [7, 11) is 0. The van der Waals surface area contributed by atoms with E-state index in [4.69, 9.17) is 4.74 Å². The number of para-hydroxylation sites is 1. The summed E-state index contributed by atoms with van der Waals surface area (Å²) in [5, 5.41) is 6.92. The predicted octanol–water partition coefficient (Wildman–Crippen LogP) is 0.813. The van der Waals surface area contributed by atoms with Gasteiger partial charge in [-0.05, 0) is 24.6 Å². The molecule has 0 saturated carbocycles. The Morgan fingerprint density at radius 1 is 1.03 bits per heavy atom. The molecule has 0 bridgehead atoms. The van der Waals surface area contributed by atoms with Gasteiger partial charge in [0.05, 0.1) is 25.4 Å². The molecule has 172 valence electrons. The minimum Gasteiger partial charge on any atom is -0.379 e. The van der Waals surface area contributed by atoms with Gasteiger partial charge in [-0.2, -0.15) is 9.78 Å². The van der Waals surface area contributed by atoms with Crippen molar-refractivity contribution in [3.05, 3.63) is 92.3 Å². The summed E-state index contributed by atoms with van der Waals surface area (Å²) in [5.74, 6) is -0.601. The average molecular weight is 450 g/mol. The summed E-state index contributed by atoms with van der Waals surface area (Å²) in [6, 6.07) is 16.3. The lowest BCUT2D eigenvalue weighted by Crippen LogP contribution is -2.47. The molecular weight excluding hydrogens is 422 g/mol. The molecule has 1 N–H and O–H groups in total. The van der Waals surface area contributed by atoms with Crippen molar-refractivity contribution in [3.63, 3.8) is 0 Å². The maximum Gasteiger partial charge on any atom is 0.352 e. The smallest absolute Gasteiger partial charge is 0.352 e. The van der Waals surface area contributed by atoms with E-state index in [0.717, 1.165) is 33.5 Å². The van der Waals surface area contributed by atoms with E-state index >= 15 is 0 Å². The third-order valence-corrected chi connectivity index (χ3v) is 5.55. The standard InChI is InChI=1S/C24H27N5O4/c1-18-7-9-19(10-8-18)17-28-23(31)21(22(30)25-11-12-27-13-15-33-16-14-27)26-29(24(28)32)20-5-3-2-4-6-20/h2-10H,11-17H2,1H3,(H,25,30). The number of benzene rings is 2. The molecule has 2 aromatic carbocycles. The van der Waals surface area contributed by atoms with Gasteiger partial charge in [0.1, 0.15) is 0 Å². The fraction of sp³-hybridized carbons (Fsp3) is 0.333. The molecule has 0 spiro atoms. The number of carbonyl (C=O) groups excluding carboxylic acids is 1. The Bertz CT molecular complexity index is 1210. The zero-order valence-corrected chi connectivity index (χ0v) is 18.6. The van der Waals surface area contributed by atoms with Gasteiger partial charge >= 0.3 is 5.69 Å². The first kappa shape index (κ1) is 22.6. The van der Waals surface area contributed by atoms with Crippen molar-refractivity contribution in [1.29, 1.82) is 0 Å². The van der Waals surface area contributed by atoms with E-state index in [9.17, 15) is 14.4 Å². The first-order valence-electron chi connectivity index (χ1n) is 11.0. The fourth-order valence-corrected chi connectivity index (χ4v) is 3.65. The molecule has 9 heteroatoms. The molecule has 3 aromatic rings. The van der Waals surface area contributed by atoms with Crippen LogP contribution in [0.25, 0.3) is 5.69 Å². The summed E-state index contributed by atoms with van der Waals surface area (Å²) in [5.41, 5.74) is 0.704. The van der Waals surface area contributed by atoms with E-state index in [2.05, 4.69) is 15.3 Å². The van der Waals surface area contributed by atoms with Gasteiger partial charge in [-0.15, -0.1) is 0 Å². The minimum atomic E-state index is -0.711. The normalized spacial score (nSPS) is 14.2. The first-order valence-corrected chi connectivity index (χ1v) is 11.0. The first-order chi connectivity index (χ1) is 16.0. The Morgan fingerprint density at radius 3 is 2.42 bits per heavy atom. The topological polar surface area (TPSA) is 98.5 Å². The molecule has 1 fully saturated rings. The number of hydrogen-bond acceptors (Lipinski definition) is 6. The number of morpholine rings is 1. The Morgan fingerprint density at radius 2 is 1.73 bits per heavy atom. The van der Waals surface area contributed by atoms with Crippen molar-refractivity contribution in [2.24, 2.45) is 0 Å². The second kappa shape index (κ2) is 10.4. The molecule has 2 heterocycles. The van der Waals surface area contributed by atoms with Crippen LogP contribution in [-0.4, -0.2) is 64.5 Å². The summed E-state index contributed by atoms with van der Waals surface area (Å²) in [6.07, 6.45) is 0. The molecule has 9 nitrogen and oxygen atoms in total. The Labute approximate surface area is 191 Å². The molecular formula is C24H27N5O4. The molecule has 0 atom stereocenters.